The molecule has 2 aliphatic rings. The van der Waals surface area contributed by atoms with Gasteiger partial charge in [0.2, 0.25) is 5.91 Å². The van der Waals surface area contributed by atoms with E-state index in [0.29, 0.717) is 13.1 Å². The Balaban J connectivity index is 1.97. The molecule has 2 aliphatic heterocycles. The van der Waals surface area contributed by atoms with E-state index in [1.54, 1.807) is 18.7 Å². The summed E-state index contributed by atoms with van der Waals surface area (Å²) < 4.78 is 0. The van der Waals surface area contributed by atoms with Gasteiger partial charge in [0, 0.05) is 25.2 Å². The molecule has 112 valence electrons. The van der Waals surface area contributed by atoms with Crippen LogP contribution in [-0.4, -0.2) is 41.9 Å². The lowest BCUT2D eigenvalue weighted by Crippen LogP contribution is -2.63. The number of hydrogen-bond acceptors (Lipinski definition) is 3. The second-order valence-electron chi connectivity index (χ2n) is 6.14. The van der Waals surface area contributed by atoms with E-state index in [1.165, 1.54) is 5.56 Å². The van der Waals surface area contributed by atoms with Gasteiger partial charge in [0.25, 0.3) is 5.91 Å². The Hall–Kier alpha value is -1.88. The van der Waals surface area contributed by atoms with E-state index < -0.39 is 5.54 Å². The first-order chi connectivity index (χ1) is 10.0. The Morgan fingerprint density at radius 2 is 2.10 bits per heavy atom. The summed E-state index contributed by atoms with van der Waals surface area (Å²) >= 11 is 0. The number of carbonyl (C=O) groups excluding carboxylic acids is 2. The summed E-state index contributed by atoms with van der Waals surface area (Å²) in [6.07, 6.45) is 0.859. The van der Waals surface area contributed by atoms with Gasteiger partial charge < -0.3 is 15.5 Å². The zero-order chi connectivity index (χ0) is 15.0. The molecular weight excluding hydrogens is 266 g/mol. The molecule has 2 N–H and O–H groups in total. The number of carbonyl (C=O) groups is 2. The van der Waals surface area contributed by atoms with Crippen LogP contribution in [-0.2, 0) is 17.8 Å². The van der Waals surface area contributed by atoms with Gasteiger partial charge >= 0.3 is 0 Å². The highest BCUT2D eigenvalue weighted by atomic mass is 16.2. The number of nitrogens with zero attached hydrogens (tertiary/aromatic N) is 1. The molecule has 1 aromatic rings. The molecule has 21 heavy (non-hydrogen) atoms. The number of piperazine rings is 1. The third-order valence-corrected chi connectivity index (χ3v) is 4.47. The molecule has 0 unspecified atom stereocenters. The molecular formula is C16H21N3O2. The van der Waals surface area contributed by atoms with Crippen LogP contribution in [0.4, 0.5) is 0 Å². The summed E-state index contributed by atoms with van der Waals surface area (Å²) in [5.41, 5.74) is 2.26. The van der Waals surface area contributed by atoms with E-state index in [4.69, 9.17) is 0 Å². The van der Waals surface area contributed by atoms with Gasteiger partial charge in [0.1, 0.15) is 5.54 Å². The molecule has 0 aliphatic carbocycles. The van der Waals surface area contributed by atoms with Crippen LogP contribution in [0.5, 0.6) is 0 Å². The van der Waals surface area contributed by atoms with Crippen molar-refractivity contribution < 1.29 is 9.59 Å². The van der Waals surface area contributed by atoms with Crippen LogP contribution < -0.4 is 10.6 Å². The minimum atomic E-state index is -0.801. The molecule has 1 saturated heterocycles. The lowest BCUT2D eigenvalue weighted by atomic mass is 9.92. The number of rotatable bonds is 1. The molecule has 0 saturated carbocycles. The Morgan fingerprint density at radius 3 is 2.90 bits per heavy atom. The minimum absolute atomic E-state index is 0.0337. The lowest BCUT2D eigenvalue weighted by Gasteiger charge is -2.41. The average molecular weight is 287 g/mol. The van der Waals surface area contributed by atoms with Gasteiger partial charge in [-0.25, -0.2) is 0 Å². The van der Waals surface area contributed by atoms with E-state index in [1.807, 2.05) is 12.1 Å². The third kappa shape index (κ3) is 2.31. The second-order valence-corrected chi connectivity index (χ2v) is 6.14. The van der Waals surface area contributed by atoms with Gasteiger partial charge in [-0.15, -0.1) is 0 Å². The number of benzene rings is 1. The smallest absolute Gasteiger partial charge is 0.255 e. The van der Waals surface area contributed by atoms with Crippen molar-refractivity contribution in [2.75, 3.05) is 19.6 Å². The fourth-order valence-electron chi connectivity index (χ4n) is 3.13. The van der Waals surface area contributed by atoms with Crippen molar-refractivity contribution >= 4 is 11.8 Å². The SMILES string of the molecule is CC1(C)C(=O)NCCN1C(=O)c1cccc2c1CCNC2. The quantitative estimate of drug-likeness (QED) is 0.798. The third-order valence-electron chi connectivity index (χ3n) is 4.47. The lowest BCUT2D eigenvalue weighted by molar-refractivity contribution is -0.133. The fourth-order valence-corrected chi connectivity index (χ4v) is 3.13. The molecule has 0 bridgehead atoms. The van der Waals surface area contributed by atoms with E-state index in [-0.39, 0.29) is 11.8 Å². The number of hydrogen-bond donors (Lipinski definition) is 2. The molecule has 3 rings (SSSR count). The molecule has 2 heterocycles. The first-order valence-corrected chi connectivity index (χ1v) is 7.43. The molecule has 1 fully saturated rings. The maximum absolute atomic E-state index is 13.0. The molecule has 0 aromatic heterocycles. The summed E-state index contributed by atoms with van der Waals surface area (Å²) in [4.78, 5) is 26.7. The average Bonchev–Trinajstić information content (AvgIpc) is 2.49. The van der Waals surface area contributed by atoms with Crippen LogP contribution >= 0.6 is 0 Å². The zero-order valence-electron chi connectivity index (χ0n) is 12.5. The maximum Gasteiger partial charge on any atom is 0.255 e. The van der Waals surface area contributed by atoms with Crippen LogP contribution in [0.15, 0.2) is 18.2 Å². The molecule has 1 aromatic carbocycles. The van der Waals surface area contributed by atoms with Gasteiger partial charge in [0.15, 0.2) is 0 Å². The Bertz CT molecular complexity index is 595. The maximum atomic E-state index is 13.0. The van der Waals surface area contributed by atoms with Crippen LogP contribution in [0, 0.1) is 0 Å². The predicted molar refractivity (Wildman–Crippen MR) is 80.0 cm³/mol. The van der Waals surface area contributed by atoms with Gasteiger partial charge in [-0.3, -0.25) is 9.59 Å². The molecule has 5 nitrogen and oxygen atoms in total. The summed E-state index contributed by atoms with van der Waals surface area (Å²) in [6, 6.07) is 5.87. The highest BCUT2D eigenvalue weighted by molar-refractivity contribution is 6.00. The normalized spacial score (nSPS) is 20.7. The summed E-state index contributed by atoms with van der Waals surface area (Å²) in [5.74, 6) is -0.123. The number of fused-ring (bicyclic) bond motifs is 1. The first-order valence-electron chi connectivity index (χ1n) is 7.43. The Kier molecular flexibility index (Phi) is 3.45. The van der Waals surface area contributed by atoms with Crippen molar-refractivity contribution in [3.63, 3.8) is 0 Å². The zero-order valence-corrected chi connectivity index (χ0v) is 12.5. The van der Waals surface area contributed by atoms with E-state index in [2.05, 4.69) is 16.7 Å². The monoisotopic (exact) mass is 287 g/mol. The van der Waals surface area contributed by atoms with Crippen LogP contribution in [0.25, 0.3) is 0 Å². The van der Waals surface area contributed by atoms with E-state index in [0.717, 1.165) is 30.6 Å². The standard InChI is InChI=1S/C16H21N3O2/c1-16(2)15(21)18-8-9-19(16)14(20)13-5-3-4-11-10-17-7-6-12(11)13/h3-5,17H,6-10H2,1-2H3,(H,18,21). The molecule has 0 atom stereocenters. The largest absolute Gasteiger partial charge is 0.352 e. The fraction of sp³-hybridized carbons (Fsp3) is 0.500. The van der Waals surface area contributed by atoms with Gasteiger partial charge in [-0.1, -0.05) is 12.1 Å². The van der Waals surface area contributed by atoms with Gasteiger partial charge in [0.05, 0.1) is 0 Å². The molecule has 5 heteroatoms. The van der Waals surface area contributed by atoms with E-state index in [9.17, 15) is 9.59 Å². The van der Waals surface area contributed by atoms with Crippen LogP contribution in [0.2, 0.25) is 0 Å². The van der Waals surface area contributed by atoms with Crippen molar-refractivity contribution in [1.82, 2.24) is 15.5 Å². The molecule has 2 amide bonds. The highest BCUT2D eigenvalue weighted by Gasteiger charge is 2.41. The van der Waals surface area contributed by atoms with Crippen molar-refractivity contribution in [3.8, 4) is 0 Å². The topological polar surface area (TPSA) is 61.4 Å². The van der Waals surface area contributed by atoms with Crippen molar-refractivity contribution in [2.45, 2.75) is 32.4 Å². The first kappa shape index (κ1) is 14.1. The number of amides is 2. The summed E-state index contributed by atoms with van der Waals surface area (Å²) in [7, 11) is 0. The van der Waals surface area contributed by atoms with Crippen molar-refractivity contribution in [2.24, 2.45) is 0 Å². The van der Waals surface area contributed by atoms with E-state index >= 15 is 0 Å². The Labute approximate surface area is 124 Å². The second kappa shape index (κ2) is 5.15. The number of nitrogens with one attached hydrogen (secondary N) is 2. The van der Waals surface area contributed by atoms with Crippen LogP contribution in [0.1, 0.15) is 35.3 Å². The summed E-state index contributed by atoms with van der Waals surface area (Å²) in [5, 5.41) is 6.15. The van der Waals surface area contributed by atoms with Crippen molar-refractivity contribution in [1.29, 1.82) is 0 Å². The predicted octanol–water partition coefficient (Wildman–Crippen LogP) is 0.683. The molecule has 0 spiro atoms. The van der Waals surface area contributed by atoms with Crippen LogP contribution in [0.3, 0.4) is 0 Å². The Morgan fingerprint density at radius 1 is 1.29 bits per heavy atom. The van der Waals surface area contributed by atoms with Crippen molar-refractivity contribution in [3.05, 3.63) is 34.9 Å². The summed E-state index contributed by atoms with van der Waals surface area (Å²) in [6.45, 7) is 6.37. The van der Waals surface area contributed by atoms with Gasteiger partial charge in [-0.05, 0) is 44.0 Å². The highest BCUT2D eigenvalue weighted by Crippen LogP contribution is 2.25. The van der Waals surface area contributed by atoms with Gasteiger partial charge in [-0.2, -0.15) is 0 Å². The minimum Gasteiger partial charge on any atom is -0.352 e. The molecule has 0 radical (unpaired) electrons.